The van der Waals surface area contributed by atoms with Gasteiger partial charge in [-0.25, -0.2) is 0 Å². The molecule has 0 radical (unpaired) electrons. The van der Waals surface area contributed by atoms with Crippen LogP contribution in [-0.4, -0.2) is 19.6 Å². The number of carbonyl (C=O) groups excluding carboxylic acids is 1. The van der Waals surface area contributed by atoms with E-state index in [0.717, 1.165) is 36.3 Å². The Hall–Kier alpha value is -2.32. The molecule has 1 aromatic heterocycles. The number of hydrogen-bond acceptors (Lipinski definition) is 4. The molecule has 0 atom stereocenters. The van der Waals surface area contributed by atoms with E-state index in [9.17, 15) is 4.79 Å². The fraction of sp³-hybridized carbons (Fsp3) is 0.294. The van der Waals surface area contributed by atoms with Crippen LogP contribution >= 0.6 is 11.3 Å². The molecular formula is C17H16N2O2S. The molecule has 112 valence electrons. The average Bonchev–Trinajstić information content (AvgIpc) is 2.93. The number of carbonyl (C=O) groups is 1. The summed E-state index contributed by atoms with van der Waals surface area (Å²) in [6.07, 6.45) is 2.90. The van der Waals surface area contributed by atoms with Crippen LogP contribution in [0.25, 0.3) is 0 Å². The van der Waals surface area contributed by atoms with Crippen LogP contribution in [-0.2, 0) is 6.42 Å². The van der Waals surface area contributed by atoms with Gasteiger partial charge < -0.3 is 9.64 Å². The third-order valence-electron chi connectivity index (χ3n) is 3.86. The van der Waals surface area contributed by atoms with E-state index in [1.807, 2.05) is 23.1 Å². The van der Waals surface area contributed by atoms with Crippen molar-refractivity contribution in [3.63, 3.8) is 0 Å². The number of thiophene rings is 1. The van der Waals surface area contributed by atoms with E-state index in [1.165, 1.54) is 11.3 Å². The van der Waals surface area contributed by atoms with Crippen molar-refractivity contribution in [1.82, 2.24) is 0 Å². The van der Waals surface area contributed by atoms with Crippen molar-refractivity contribution >= 4 is 22.9 Å². The maximum Gasteiger partial charge on any atom is 0.268 e. The third kappa shape index (κ3) is 2.58. The number of hydrogen-bond donors (Lipinski definition) is 0. The largest absolute Gasteiger partial charge is 0.496 e. The fourth-order valence-corrected chi connectivity index (χ4v) is 3.57. The Balaban J connectivity index is 2.01. The quantitative estimate of drug-likeness (QED) is 0.851. The summed E-state index contributed by atoms with van der Waals surface area (Å²) in [6.45, 7) is 0.693. The first-order valence-electron chi connectivity index (χ1n) is 7.21. The number of benzene rings is 1. The van der Waals surface area contributed by atoms with Gasteiger partial charge in [-0.3, -0.25) is 4.79 Å². The Morgan fingerprint density at radius 3 is 3.00 bits per heavy atom. The maximum absolute atomic E-state index is 12.8. The summed E-state index contributed by atoms with van der Waals surface area (Å²) < 4.78 is 5.45. The zero-order valence-corrected chi connectivity index (χ0v) is 13.2. The second-order valence-electron chi connectivity index (χ2n) is 5.18. The molecular weight excluding hydrogens is 296 g/mol. The summed E-state index contributed by atoms with van der Waals surface area (Å²) in [5, 5.41) is 10.6. The van der Waals surface area contributed by atoms with Crippen LogP contribution in [0.2, 0.25) is 0 Å². The van der Waals surface area contributed by atoms with E-state index in [1.54, 1.807) is 18.6 Å². The standard InChI is InChI=1S/C17H16N2O2S/c1-21-15-7-4-6-14-13(15)5-2-3-8-19(14)17(20)16-9-12(10-18)11-22-16/h4,6-7,9,11H,2-3,5,8H2,1H3. The number of fused-ring (bicyclic) bond motifs is 1. The molecule has 1 amide bonds. The molecule has 5 heteroatoms. The number of anilines is 1. The van der Waals surface area contributed by atoms with Crippen LogP contribution in [0, 0.1) is 11.3 Å². The third-order valence-corrected chi connectivity index (χ3v) is 4.78. The van der Waals surface area contributed by atoms with Crippen LogP contribution < -0.4 is 9.64 Å². The Labute approximate surface area is 133 Å². The maximum atomic E-state index is 12.8. The highest BCUT2D eigenvalue weighted by molar-refractivity contribution is 7.12. The van der Waals surface area contributed by atoms with Crippen molar-refractivity contribution in [3.8, 4) is 11.8 Å². The molecule has 0 saturated heterocycles. The first-order chi connectivity index (χ1) is 10.7. The minimum absolute atomic E-state index is 0.0390. The van der Waals surface area contributed by atoms with Gasteiger partial charge in [0.15, 0.2) is 0 Å². The highest BCUT2D eigenvalue weighted by atomic mass is 32.1. The van der Waals surface area contributed by atoms with Crippen molar-refractivity contribution in [1.29, 1.82) is 5.26 Å². The van der Waals surface area contributed by atoms with Gasteiger partial charge in [-0.15, -0.1) is 11.3 Å². The van der Waals surface area contributed by atoms with E-state index >= 15 is 0 Å². The lowest BCUT2D eigenvalue weighted by atomic mass is 10.1. The van der Waals surface area contributed by atoms with Crippen LogP contribution in [0.5, 0.6) is 5.75 Å². The molecule has 22 heavy (non-hydrogen) atoms. The summed E-state index contributed by atoms with van der Waals surface area (Å²) in [7, 11) is 1.66. The number of nitriles is 1. The number of ether oxygens (including phenoxy) is 1. The topological polar surface area (TPSA) is 53.3 Å². The second kappa shape index (κ2) is 6.20. The number of rotatable bonds is 2. The Bertz CT molecular complexity index is 745. The lowest BCUT2D eigenvalue weighted by molar-refractivity contribution is 0.0991. The second-order valence-corrected chi connectivity index (χ2v) is 6.09. The zero-order valence-electron chi connectivity index (χ0n) is 12.3. The van der Waals surface area contributed by atoms with Crippen molar-refractivity contribution in [2.24, 2.45) is 0 Å². The van der Waals surface area contributed by atoms with Crippen molar-refractivity contribution < 1.29 is 9.53 Å². The molecule has 3 rings (SSSR count). The zero-order chi connectivity index (χ0) is 15.5. The summed E-state index contributed by atoms with van der Waals surface area (Å²) >= 11 is 1.32. The lowest BCUT2D eigenvalue weighted by Crippen LogP contribution is -2.31. The first-order valence-corrected chi connectivity index (χ1v) is 8.09. The SMILES string of the molecule is COc1cccc2c1CCCCN2C(=O)c1cc(C#N)cs1. The summed E-state index contributed by atoms with van der Waals surface area (Å²) in [5.74, 6) is 0.795. The van der Waals surface area contributed by atoms with E-state index in [0.29, 0.717) is 17.0 Å². The predicted octanol–water partition coefficient (Wildman–Crippen LogP) is 3.61. The minimum atomic E-state index is -0.0390. The Kier molecular flexibility index (Phi) is 4.12. The molecule has 0 bridgehead atoms. The molecule has 4 nitrogen and oxygen atoms in total. The summed E-state index contributed by atoms with van der Waals surface area (Å²) in [6, 6.07) is 9.56. The van der Waals surface area contributed by atoms with Gasteiger partial charge in [-0.05, 0) is 37.5 Å². The first kappa shape index (κ1) is 14.6. The van der Waals surface area contributed by atoms with Gasteiger partial charge in [0.2, 0.25) is 0 Å². The normalized spacial score (nSPS) is 13.9. The van der Waals surface area contributed by atoms with E-state index < -0.39 is 0 Å². The molecule has 0 saturated carbocycles. The monoisotopic (exact) mass is 312 g/mol. The van der Waals surface area contributed by atoms with Gasteiger partial charge in [0.05, 0.1) is 23.2 Å². The van der Waals surface area contributed by atoms with Crippen LogP contribution in [0.15, 0.2) is 29.6 Å². The Morgan fingerprint density at radius 1 is 1.41 bits per heavy atom. The molecule has 0 spiro atoms. The molecule has 1 aliphatic heterocycles. The fourth-order valence-electron chi connectivity index (χ4n) is 2.79. The van der Waals surface area contributed by atoms with Crippen LogP contribution in [0.3, 0.4) is 0 Å². The summed E-state index contributed by atoms with van der Waals surface area (Å²) in [5.41, 5.74) is 2.55. The molecule has 2 aromatic rings. The molecule has 0 unspecified atom stereocenters. The van der Waals surface area contributed by atoms with Gasteiger partial charge in [0.25, 0.3) is 5.91 Å². The molecule has 0 fully saturated rings. The predicted molar refractivity (Wildman–Crippen MR) is 86.6 cm³/mol. The van der Waals surface area contributed by atoms with Crippen molar-refractivity contribution in [2.75, 3.05) is 18.6 Å². The molecule has 1 aliphatic rings. The minimum Gasteiger partial charge on any atom is -0.496 e. The van der Waals surface area contributed by atoms with Crippen LogP contribution in [0.4, 0.5) is 5.69 Å². The highest BCUT2D eigenvalue weighted by Gasteiger charge is 2.25. The van der Waals surface area contributed by atoms with Gasteiger partial charge in [0, 0.05) is 17.5 Å². The number of methoxy groups -OCH3 is 1. The van der Waals surface area contributed by atoms with Gasteiger partial charge in [-0.2, -0.15) is 5.26 Å². The van der Waals surface area contributed by atoms with Crippen molar-refractivity contribution in [3.05, 3.63) is 45.6 Å². The highest BCUT2D eigenvalue weighted by Crippen LogP contribution is 2.34. The van der Waals surface area contributed by atoms with Crippen molar-refractivity contribution in [2.45, 2.75) is 19.3 Å². The van der Waals surface area contributed by atoms with Crippen LogP contribution in [0.1, 0.15) is 33.6 Å². The Morgan fingerprint density at radius 2 is 2.27 bits per heavy atom. The average molecular weight is 312 g/mol. The smallest absolute Gasteiger partial charge is 0.268 e. The molecule has 2 heterocycles. The number of nitrogens with zero attached hydrogens (tertiary/aromatic N) is 2. The molecule has 0 aliphatic carbocycles. The molecule has 0 N–H and O–H groups in total. The van der Waals surface area contributed by atoms with E-state index in [-0.39, 0.29) is 5.91 Å². The van der Waals surface area contributed by atoms with Gasteiger partial charge >= 0.3 is 0 Å². The van der Waals surface area contributed by atoms with E-state index in [2.05, 4.69) is 6.07 Å². The van der Waals surface area contributed by atoms with Gasteiger partial charge in [0.1, 0.15) is 11.8 Å². The lowest BCUT2D eigenvalue weighted by Gasteiger charge is -2.23. The van der Waals surface area contributed by atoms with E-state index in [4.69, 9.17) is 10.00 Å². The van der Waals surface area contributed by atoms with Gasteiger partial charge in [-0.1, -0.05) is 6.07 Å². The summed E-state index contributed by atoms with van der Waals surface area (Å²) in [4.78, 5) is 15.3. The molecule has 1 aromatic carbocycles. The number of amides is 1.